The number of hydrogen-bond donors (Lipinski definition) is 1. The van der Waals surface area contributed by atoms with Gasteiger partial charge in [-0.15, -0.1) is 0 Å². The molecule has 10 heteroatoms. The normalized spacial score (nSPS) is 15.1. The molecule has 1 fully saturated rings. The number of hydrogen-bond acceptors (Lipinski definition) is 4. The van der Waals surface area contributed by atoms with Crippen LogP contribution in [-0.2, 0) is 17.4 Å². The number of nitro groups is 1. The fourth-order valence-corrected chi connectivity index (χ4v) is 3.61. The Morgan fingerprint density at radius 3 is 2.37 bits per heavy atom. The number of carbonyl (C=O) groups is 1. The fourth-order valence-electron chi connectivity index (χ4n) is 3.38. The zero-order valence-electron chi connectivity index (χ0n) is 15.8. The summed E-state index contributed by atoms with van der Waals surface area (Å²) in [6.45, 7) is 0.880. The average Bonchev–Trinajstić information content (AvgIpc) is 2.69. The van der Waals surface area contributed by atoms with Gasteiger partial charge in [-0.25, -0.2) is 0 Å². The molecule has 30 heavy (non-hydrogen) atoms. The van der Waals surface area contributed by atoms with E-state index in [9.17, 15) is 28.1 Å². The second kappa shape index (κ2) is 8.91. The number of piperidine rings is 1. The molecule has 1 heterocycles. The van der Waals surface area contributed by atoms with Crippen LogP contribution >= 0.6 is 11.6 Å². The van der Waals surface area contributed by atoms with Crippen LogP contribution in [0, 0.1) is 10.1 Å². The van der Waals surface area contributed by atoms with Gasteiger partial charge < -0.3 is 10.2 Å². The number of benzene rings is 2. The van der Waals surface area contributed by atoms with Crippen LogP contribution in [0.3, 0.4) is 0 Å². The summed E-state index contributed by atoms with van der Waals surface area (Å²) >= 11 is 6.10. The first kappa shape index (κ1) is 21.9. The van der Waals surface area contributed by atoms with Crippen LogP contribution in [0.25, 0.3) is 0 Å². The lowest BCUT2D eigenvalue weighted by Crippen LogP contribution is -2.43. The summed E-state index contributed by atoms with van der Waals surface area (Å²) in [5.41, 5.74) is -0.0822. The van der Waals surface area contributed by atoms with Crippen LogP contribution in [0.1, 0.15) is 24.0 Å². The van der Waals surface area contributed by atoms with Crippen LogP contribution in [-0.4, -0.2) is 34.9 Å². The van der Waals surface area contributed by atoms with Gasteiger partial charge in [0.1, 0.15) is 5.69 Å². The van der Waals surface area contributed by atoms with Gasteiger partial charge in [0.15, 0.2) is 0 Å². The Morgan fingerprint density at radius 2 is 1.80 bits per heavy atom. The molecular weight excluding hydrogens is 423 g/mol. The minimum atomic E-state index is -4.41. The van der Waals surface area contributed by atoms with Crippen molar-refractivity contribution in [3.63, 3.8) is 0 Å². The molecule has 160 valence electrons. The highest BCUT2D eigenvalue weighted by molar-refractivity contribution is 6.33. The third kappa shape index (κ3) is 5.21. The average molecular weight is 442 g/mol. The summed E-state index contributed by atoms with van der Waals surface area (Å²) in [5, 5.41) is 14.6. The highest BCUT2D eigenvalue weighted by atomic mass is 35.5. The predicted molar refractivity (Wildman–Crippen MR) is 106 cm³/mol. The monoisotopic (exact) mass is 441 g/mol. The van der Waals surface area contributed by atoms with E-state index >= 15 is 0 Å². The number of amides is 1. The molecule has 0 radical (unpaired) electrons. The molecule has 1 saturated heterocycles. The number of para-hydroxylation sites is 1. The van der Waals surface area contributed by atoms with E-state index in [1.807, 2.05) is 0 Å². The molecule has 0 saturated carbocycles. The van der Waals surface area contributed by atoms with E-state index in [2.05, 4.69) is 5.32 Å². The SMILES string of the molecule is O=C(Cc1ccc(C(F)(F)F)cc1)N1CCC(Nc2c(Cl)cccc2[N+](=O)[O-])CC1. The lowest BCUT2D eigenvalue weighted by Gasteiger charge is -2.33. The van der Waals surface area contributed by atoms with Crippen molar-refractivity contribution in [1.82, 2.24) is 4.90 Å². The first-order valence-electron chi connectivity index (χ1n) is 9.28. The van der Waals surface area contributed by atoms with Gasteiger partial charge in [0, 0.05) is 25.2 Å². The molecule has 2 aromatic rings. The Labute approximate surface area is 175 Å². The Hall–Kier alpha value is -2.81. The number of alkyl halides is 3. The Bertz CT molecular complexity index is 927. The van der Waals surface area contributed by atoms with Crippen molar-refractivity contribution in [2.75, 3.05) is 18.4 Å². The van der Waals surface area contributed by atoms with E-state index in [0.717, 1.165) is 12.1 Å². The molecule has 3 rings (SSSR count). The highest BCUT2D eigenvalue weighted by Crippen LogP contribution is 2.33. The largest absolute Gasteiger partial charge is 0.416 e. The van der Waals surface area contributed by atoms with Gasteiger partial charge in [0.25, 0.3) is 5.69 Å². The number of anilines is 1. The van der Waals surface area contributed by atoms with Crippen molar-refractivity contribution in [3.8, 4) is 0 Å². The lowest BCUT2D eigenvalue weighted by molar-refractivity contribution is -0.384. The lowest BCUT2D eigenvalue weighted by atomic mass is 10.0. The molecule has 0 spiro atoms. The van der Waals surface area contributed by atoms with Crippen molar-refractivity contribution in [1.29, 1.82) is 0 Å². The van der Waals surface area contributed by atoms with Crippen molar-refractivity contribution in [3.05, 3.63) is 68.7 Å². The number of nitro benzene ring substituents is 1. The third-order valence-electron chi connectivity index (χ3n) is 5.02. The highest BCUT2D eigenvalue weighted by Gasteiger charge is 2.30. The van der Waals surface area contributed by atoms with Crippen molar-refractivity contribution in [2.24, 2.45) is 0 Å². The Kier molecular flexibility index (Phi) is 6.50. The van der Waals surface area contributed by atoms with Gasteiger partial charge in [-0.2, -0.15) is 13.2 Å². The van der Waals surface area contributed by atoms with Crippen LogP contribution < -0.4 is 5.32 Å². The number of likely N-dealkylation sites (tertiary alicyclic amines) is 1. The quantitative estimate of drug-likeness (QED) is 0.528. The smallest absolute Gasteiger partial charge is 0.375 e. The summed E-state index contributed by atoms with van der Waals surface area (Å²) in [7, 11) is 0. The van der Waals surface area contributed by atoms with E-state index in [1.54, 1.807) is 11.0 Å². The van der Waals surface area contributed by atoms with Crippen LogP contribution in [0.2, 0.25) is 5.02 Å². The molecule has 0 aliphatic carbocycles. The Balaban J connectivity index is 1.56. The number of nitrogens with zero attached hydrogens (tertiary/aromatic N) is 2. The third-order valence-corrected chi connectivity index (χ3v) is 5.34. The van der Waals surface area contributed by atoms with E-state index in [-0.39, 0.29) is 34.8 Å². The maximum absolute atomic E-state index is 12.6. The van der Waals surface area contributed by atoms with Gasteiger partial charge in [-0.05, 0) is 36.6 Å². The molecular formula is C20H19ClF3N3O3. The summed E-state index contributed by atoms with van der Waals surface area (Å²) < 4.78 is 37.9. The second-order valence-electron chi connectivity index (χ2n) is 7.06. The number of halogens is 4. The van der Waals surface area contributed by atoms with Gasteiger partial charge in [0.05, 0.1) is 21.9 Å². The summed E-state index contributed by atoms with van der Waals surface area (Å²) in [6, 6.07) is 8.92. The first-order valence-corrected chi connectivity index (χ1v) is 9.66. The van der Waals surface area contributed by atoms with Crippen molar-refractivity contribution in [2.45, 2.75) is 31.5 Å². The van der Waals surface area contributed by atoms with Crippen LogP contribution in [0.4, 0.5) is 24.5 Å². The van der Waals surface area contributed by atoms with Crippen LogP contribution in [0.5, 0.6) is 0 Å². The maximum Gasteiger partial charge on any atom is 0.416 e. The summed E-state index contributed by atoms with van der Waals surface area (Å²) in [6.07, 6.45) is -3.25. The van der Waals surface area contributed by atoms with Crippen molar-refractivity contribution < 1.29 is 22.9 Å². The minimum Gasteiger partial charge on any atom is -0.375 e. The molecule has 0 atom stereocenters. The summed E-state index contributed by atoms with van der Waals surface area (Å²) in [4.78, 5) is 24.8. The zero-order chi connectivity index (χ0) is 21.9. The molecule has 0 unspecified atom stereocenters. The molecule has 1 amide bonds. The molecule has 1 N–H and O–H groups in total. The van der Waals surface area contributed by atoms with Gasteiger partial charge in [0.2, 0.25) is 5.91 Å². The van der Waals surface area contributed by atoms with Crippen LogP contribution in [0.15, 0.2) is 42.5 Å². The zero-order valence-corrected chi connectivity index (χ0v) is 16.5. The fraction of sp³-hybridized carbons (Fsp3) is 0.350. The van der Waals surface area contributed by atoms with E-state index in [0.29, 0.717) is 31.5 Å². The van der Waals surface area contributed by atoms with Crippen molar-refractivity contribution >= 4 is 28.9 Å². The minimum absolute atomic E-state index is 0.0201. The topological polar surface area (TPSA) is 75.5 Å². The Morgan fingerprint density at radius 1 is 1.17 bits per heavy atom. The molecule has 6 nitrogen and oxygen atoms in total. The van der Waals surface area contributed by atoms with Gasteiger partial charge >= 0.3 is 6.18 Å². The molecule has 1 aliphatic heterocycles. The standard InChI is InChI=1S/C20H19ClF3N3O3/c21-16-2-1-3-17(27(29)30)19(16)25-15-8-10-26(11-9-15)18(28)12-13-4-6-14(7-5-13)20(22,23)24/h1-7,15,25H,8-12H2. The van der Waals surface area contributed by atoms with E-state index in [1.165, 1.54) is 24.3 Å². The van der Waals surface area contributed by atoms with E-state index < -0.39 is 16.7 Å². The maximum atomic E-state index is 12.6. The molecule has 1 aliphatic rings. The molecule has 0 aromatic heterocycles. The number of rotatable bonds is 5. The summed E-state index contributed by atoms with van der Waals surface area (Å²) in [5.74, 6) is -0.170. The van der Waals surface area contributed by atoms with Gasteiger partial charge in [-0.3, -0.25) is 14.9 Å². The number of carbonyl (C=O) groups excluding carboxylic acids is 1. The second-order valence-corrected chi connectivity index (χ2v) is 7.47. The van der Waals surface area contributed by atoms with Gasteiger partial charge in [-0.1, -0.05) is 29.8 Å². The van der Waals surface area contributed by atoms with E-state index in [4.69, 9.17) is 11.6 Å². The molecule has 2 aromatic carbocycles. The number of nitrogens with one attached hydrogen (secondary N) is 1. The first-order chi connectivity index (χ1) is 14.1. The molecule has 0 bridgehead atoms. The predicted octanol–water partition coefficient (Wildman–Crippen LogP) is 4.91.